The predicted molar refractivity (Wildman–Crippen MR) is 71.9 cm³/mol. The lowest BCUT2D eigenvalue weighted by atomic mass is 10.1. The second-order valence-corrected chi connectivity index (χ2v) is 4.25. The molecule has 7 heteroatoms. The van der Waals surface area contributed by atoms with E-state index in [4.69, 9.17) is 0 Å². The molecule has 1 aromatic heterocycles. The van der Waals surface area contributed by atoms with E-state index in [9.17, 15) is 13.6 Å². The molecule has 0 amide bonds. The monoisotopic (exact) mass is 293 g/mol. The van der Waals surface area contributed by atoms with Gasteiger partial charge in [0.25, 0.3) is 0 Å². The second kappa shape index (κ2) is 6.74. The van der Waals surface area contributed by atoms with E-state index in [1.807, 2.05) is 0 Å². The van der Waals surface area contributed by atoms with Crippen LogP contribution >= 0.6 is 0 Å². The van der Waals surface area contributed by atoms with Gasteiger partial charge in [-0.1, -0.05) is 0 Å². The Morgan fingerprint density at radius 2 is 1.90 bits per heavy atom. The fourth-order valence-electron chi connectivity index (χ4n) is 1.73. The Hall–Kier alpha value is -2.57. The van der Waals surface area contributed by atoms with Crippen LogP contribution in [-0.4, -0.2) is 29.8 Å². The molecule has 1 N–H and O–H groups in total. The molecule has 0 radical (unpaired) electrons. The number of hydrogen-bond acceptors (Lipinski definition) is 5. The van der Waals surface area contributed by atoms with Crippen LogP contribution in [0.4, 0.5) is 14.6 Å². The highest BCUT2D eigenvalue weighted by Crippen LogP contribution is 2.09. The van der Waals surface area contributed by atoms with E-state index in [1.165, 1.54) is 25.3 Å². The molecule has 0 fully saturated rings. The summed E-state index contributed by atoms with van der Waals surface area (Å²) in [6.07, 6.45) is 0.426. The average Bonchev–Trinajstić information content (AvgIpc) is 2.46. The second-order valence-electron chi connectivity index (χ2n) is 4.25. The lowest BCUT2D eigenvalue weighted by Gasteiger charge is -2.06. The van der Waals surface area contributed by atoms with E-state index in [0.717, 1.165) is 6.07 Å². The molecule has 21 heavy (non-hydrogen) atoms. The molecule has 0 aliphatic carbocycles. The first kappa shape index (κ1) is 14.8. The van der Waals surface area contributed by atoms with Crippen molar-refractivity contribution in [1.29, 1.82) is 0 Å². The summed E-state index contributed by atoms with van der Waals surface area (Å²) in [5, 5.41) is 10.4. The van der Waals surface area contributed by atoms with Crippen LogP contribution in [0, 0.1) is 11.6 Å². The van der Waals surface area contributed by atoms with Crippen LogP contribution in [0.15, 0.2) is 30.3 Å². The number of aromatic nitrogens is 2. The summed E-state index contributed by atoms with van der Waals surface area (Å²) >= 11 is 0. The maximum Gasteiger partial charge on any atom is 0.358 e. The maximum atomic E-state index is 13.0. The van der Waals surface area contributed by atoms with Crippen LogP contribution < -0.4 is 5.32 Å². The van der Waals surface area contributed by atoms with Gasteiger partial charge >= 0.3 is 5.97 Å². The largest absolute Gasteiger partial charge is 0.464 e. The lowest BCUT2D eigenvalue weighted by molar-refractivity contribution is 0.0593. The van der Waals surface area contributed by atoms with Crippen molar-refractivity contribution in [2.75, 3.05) is 19.0 Å². The number of nitrogens with one attached hydrogen (secondary N) is 1. The Morgan fingerprint density at radius 1 is 1.19 bits per heavy atom. The first-order chi connectivity index (χ1) is 10.1. The number of methoxy groups -OCH3 is 1. The normalized spacial score (nSPS) is 10.2. The number of carbonyl (C=O) groups is 1. The molecule has 5 nitrogen and oxygen atoms in total. The number of nitrogens with zero attached hydrogens (tertiary/aromatic N) is 2. The molecule has 0 saturated heterocycles. The minimum Gasteiger partial charge on any atom is -0.464 e. The summed E-state index contributed by atoms with van der Waals surface area (Å²) < 4.78 is 30.5. The van der Waals surface area contributed by atoms with E-state index >= 15 is 0 Å². The predicted octanol–water partition coefficient (Wildman–Crippen LogP) is 2.20. The van der Waals surface area contributed by atoms with Gasteiger partial charge in [0.2, 0.25) is 0 Å². The smallest absolute Gasteiger partial charge is 0.358 e. The highest BCUT2D eigenvalue weighted by molar-refractivity contribution is 5.86. The third-order valence-corrected chi connectivity index (χ3v) is 2.70. The van der Waals surface area contributed by atoms with Gasteiger partial charge in [-0.2, -0.15) is 0 Å². The van der Waals surface area contributed by atoms with Gasteiger partial charge in [-0.25, -0.2) is 13.6 Å². The summed E-state index contributed by atoms with van der Waals surface area (Å²) in [6, 6.07) is 6.43. The first-order valence-corrected chi connectivity index (χ1v) is 6.19. The molecular formula is C14H13F2N3O2. The summed E-state index contributed by atoms with van der Waals surface area (Å²) in [5.74, 6) is -1.32. The summed E-state index contributed by atoms with van der Waals surface area (Å²) in [7, 11) is 1.26. The molecular weight excluding hydrogens is 280 g/mol. The topological polar surface area (TPSA) is 64.1 Å². The Morgan fingerprint density at radius 3 is 2.48 bits per heavy atom. The molecule has 0 bridgehead atoms. The van der Waals surface area contributed by atoms with E-state index in [1.54, 1.807) is 6.07 Å². The van der Waals surface area contributed by atoms with Crippen molar-refractivity contribution in [2.45, 2.75) is 6.42 Å². The number of halogens is 2. The molecule has 0 atom stereocenters. The molecule has 0 aliphatic heterocycles. The van der Waals surface area contributed by atoms with Gasteiger partial charge in [-0.15, -0.1) is 10.2 Å². The molecule has 0 unspecified atom stereocenters. The number of esters is 1. The fraction of sp³-hybridized carbons (Fsp3) is 0.214. The molecule has 0 aliphatic rings. The molecule has 2 rings (SSSR count). The number of ether oxygens (including phenoxy) is 1. The highest BCUT2D eigenvalue weighted by atomic mass is 19.1. The molecule has 110 valence electrons. The van der Waals surface area contributed by atoms with Crippen molar-refractivity contribution in [3.63, 3.8) is 0 Å². The van der Waals surface area contributed by atoms with E-state index < -0.39 is 17.6 Å². The first-order valence-electron chi connectivity index (χ1n) is 6.19. The van der Waals surface area contributed by atoms with Crippen LogP contribution in [0.25, 0.3) is 0 Å². The minimum absolute atomic E-state index is 0.107. The molecule has 0 spiro atoms. The van der Waals surface area contributed by atoms with Gasteiger partial charge in [0.1, 0.15) is 17.5 Å². The van der Waals surface area contributed by atoms with Crippen LogP contribution in [0.1, 0.15) is 16.1 Å². The Bertz CT molecular complexity index is 612. The molecule has 2 aromatic rings. The molecule has 0 saturated carbocycles. The fourth-order valence-corrected chi connectivity index (χ4v) is 1.73. The lowest BCUT2D eigenvalue weighted by Crippen LogP contribution is -2.10. The van der Waals surface area contributed by atoms with Crippen LogP contribution in [0.2, 0.25) is 0 Å². The van der Waals surface area contributed by atoms with Crippen LogP contribution in [0.5, 0.6) is 0 Å². The summed E-state index contributed by atoms with van der Waals surface area (Å²) in [6.45, 7) is 0.426. The number of carbonyl (C=O) groups excluding carboxylic acids is 1. The van der Waals surface area contributed by atoms with Crippen molar-refractivity contribution in [2.24, 2.45) is 0 Å². The zero-order valence-electron chi connectivity index (χ0n) is 11.3. The number of hydrogen-bond donors (Lipinski definition) is 1. The highest BCUT2D eigenvalue weighted by Gasteiger charge is 2.07. The van der Waals surface area contributed by atoms with Crippen molar-refractivity contribution < 1.29 is 18.3 Å². The average molecular weight is 293 g/mol. The quantitative estimate of drug-likeness (QED) is 0.856. The van der Waals surface area contributed by atoms with Crippen molar-refractivity contribution >= 4 is 11.8 Å². The van der Waals surface area contributed by atoms with Crippen LogP contribution in [0.3, 0.4) is 0 Å². The van der Waals surface area contributed by atoms with Gasteiger partial charge < -0.3 is 10.1 Å². The zero-order valence-corrected chi connectivity index (χ0v) is 11.3. The minimum atomic E-state index is -0.604. The van der Waals surface area contributed by atoms with Gasteiger partial charge in [0.15, 0.2) is 5.69 Å². The van der Waals surface area contributed by atoms with E-state index in [2.05, 4.69) is 20.3 Å². The molecule has 1 aromatic carbocycles. The van der Waals surface area contributed by atoms with Crippen LogP contribution in [-0.2, 0) is 11.2 Å². The number of rotatable bonds is 5. The number of anilines is 1. The van der Waals surface area contributed by atoms with Gasteiger partial charge in [0, 0.05) is 12.6 Å². The third-order valence-electron chi connectivity index (χ3n) is 2.70. The van der Waals surface area contributed by atoms with Gasteiger partial charge in [-0.05, 0) is 36.2 Å². The Kier molecular flexibility index (Phi) is 4.76. The van der Waals surface area contributed by atoms with Gasteiger partial charge in [-0.3, -0.25) is 0 Å². The standard InChI is InChI=1S/C14H13F2N3O2/c1-21-14(20)12-2-3-13(19-18-12)17-5-4-9-6-10(15)8-11(16)7-9/h2-3,6-8H,4-5H2,1H3,(H,17,19). The van der Waals surface area contributed by atoms with Crippen molar-refractivity contribution in [3.05, 3.63) is 53.2 Å². The maximum absolute atomic E-state index is 13.0. The van der Waals surface area contributed by atoms with Crippen molar-refractivity contribution in [1.82, 2.24) is 10.2 Å². The van der Waals surface area contributed by atoms with E-state index in [0.29, 0.717) is 24.3 Å². The molecule has 1 heterocycles. The number of benzene rings is 1. The summed E-state index contributed by atoms with van der Waals surface area (Å²) in [5.41, 5.74) is 0.648. The Balaban J connectivity index is 1.90. The zero-order chi connectivity index (χ0) is 15.2. The Labute approximate surface area is 120 Å². The van der Waals surface area contributed by atoms with E-state index in [-0.39, 0.29) is 5.69 Å². The summed E-state index contributed by atoms with van der Waals surface area (Å²) in [4.78, 5) is 11.2. The van der Waals surface area contributed by atoms with Crippen molar-refractivity contribution in [3.8, 4) is 0 Å². The third kappa shape index (κ3) is 4.20. The SMILES string of the molecule is COC(=O)c1ccc(NCCc2cc(F)cc(F)c2)nn1. The van der Waals surface area contributed by atoms with Gasteiger partial charge in [0.05, 0.1) is 7.11 Å².